The van der Waals surface area contributed by atoms with Crippen LogP contribution in [0.2, 0.25) is 5.02 Å². The molecule has 21 heavy (non-hydrogen) atoms. The van der Waals surface area contributed by atoms with Gasteiger partial charge in [0.05, 0.1) is 5.02 Å². The summed E-state index contributed by atoms with van der Waals surface area (Å²) in [6, 6.07) is 4.96. The lowest BCUT2D eigenvalue weighted by molar-refractivity contribution is 0.397. The number of hydrogen-bond donors (Lipinski definition) is 1. The molecule has 0 spiro atoms. The summed E-state index contributed by atoms with van der Waals surface area (Å²) in [7, 11) is 0. The van der Waals surface area contributed by atoms with E-state index >= 15 is 0 Å². The maximum absolute atomic E-state index is 6.03. The van der Waals surface area contributed by atoms with E-state index in [-0.39, 0.29) is 0 Å². The average Bonchev–Trinajstić information content (AvgIpc) is 3.25. The third kappa shape index (κ3) is 2.85. The highest BCUT2D eigenvalue weighted by Crippen LogP contribution is 2.31. The molecule has 6 heteroatoms. The zero-order valence-electron chi connectivity index (χ0n) is 12.0. The Balaban J connectivity index is 1.59. The number of piperidine rings is 1. The first-order valence-electron chi connectivity index (χ1n) is 7.81. The van der Waals surface area contributed by atoms with Gasteiger partial charge >= 0.3 is 0 Å². The van der Waals surface area contributed by atoms with Crippen molar-refractivity contribution in [3.8, 4) is 0 Å². The van der Waals surface area contributed by atoms with Gasteiger partial charge in [-0.1, -0.05) is 18.0 Å². The summed E-state index contributed by atoms with van der Waals surface area (Å²) < 4.78 is 1.78. The normalized spacial score (nSPS) is 22.6. The quantitative estimate of drug-likeness (QED) is 0.942. The average molecular weight is 306 g/mol. The fourth-order valence-corrected chi connectivity index (χ4v) is 3.22. The van der Waals surface area contributed by atoms with Crippen LogP contribution in [0.3, 0.4) is 0 Å². The Morgan fingerprint density at radius 2 is 2.19 bits per heavy atom. The molecule has 2 fully saturated rings. The predicted molar refractivity (Wildman–Crippen MR) is 84.0 cm³/mol. The van der Waals surface area contributed by atoms with E-state index in [9.17, 15) is 0 Å². The van der Waals surface area contributed by atoms with Crippen LogP contribution in [-0.4, -0.2) is 39.8 Å². The zero-order chi connectivity index (χ0) is 14.2. The molecule has 2 aromatic rings. The second kappa shape index (κ2) is 5.46. The molecule has 1 unspecified atom stereocenters. The van der Waals surface area contributed by atoms with Crippen LogP contribution in [0.5, 0.6) is 0 Å². The minimum atomic E-state index is 0.564. The molecule has 0 bridgehead atoms. The molecule has 0 aromatic carbocycles. The van der Waals surface area contributed by atoms with E-state index in [4.69, 9.17) is 11.6 Å². The smallest absolute Gasteiger partial charge is 0.245 e. The van der Waals surface area contributed by atoms with Crippen LogP contribution in [-0.2, 0) is 0 Å². The van der Waals surface area contributed by atoms with Gasteiger partial charge in [0.1, 0.15) is 0 Å². The molecule has 1 saturated carbocycles. The van der Waals surface area contributed by atoms with Crippen molar-refractivity contribution in [1.82, 2.24) is 19.9 Å². The highest BCUT2D eigenvalue weighted by atomic mass is 35.5. The number of anilines is 1. The van der Waals surface area contributed by atoms with Crippen molar-refractivity contribution in [1.29, 1.82) is 0 Å². The van der Waals surface area contributed by atoms with Gasteiger partial charge < -0.3 is 10.2 Å². The predicted octanol–water partition coefficient (Wildman–Crippen LogP) is 2.49. The molecule has 1 aliphatic heterocycles. The maximum atomic E-state index is 6.03. The lowest BCUT2D eigenvalue weighted by Crippen LogP contribution is -2.45. The molecule has 0 amide bonds. The number of pyridine rings is 1. The lowest BCUT2D eigenvalue weighted by atomic mass is 10.0. The minimum Gasteiger partial charge on any atom is -0.335 e. The summed E-state index contributed by atoms with van der Waals surface area (Å²) in [5.41, 5.74) is 0.858. The van der Waals surface area contributed by atoms with Crippen molar-refractivity contribution < 1.29 is 0 Å². The second-order valence-electron chi connectivity index (χ2n) is 6.09. The maximum Gasteiger partial charge on any atom is 0.245 e. The first-order valence-corrected chi connectivity index (χ1v) is 8.19. The molecular formula is C15H20ClN5. The second-order valence-corrected chi connectivity index (χ2v) is 6.53. The summed E-state index contributed by atoms with van der Waals surface area (Å²) >= 11 is 6.03. The Hall–Kier alpha value is -1.33. The van der Waals surface area contributed by atoms with Crippen molar-refractivity contribution in [3.05, 3.63) is 23.4 Å². The summed E-state index contributed by atoms with van der Waals surface area (Å²) in [5.74, 6) is 0.840. The van der Waals surface area contributed by atoms with E-state index in [0.717, 1.165) is 24.7 Å². The van der Waals surface area contributed by atoms with E-state index in [1.165, 1.54) is 32.1 Å². The first kappa shape index (κ1) is 13.3. The number of nitrogens with one attached hydrogen (secondary N) is 1. The fraction of sp³-hybridized carbons (Fsp3) is 0.600. The Morgan fingerprint density at radius 3 is 2.95 bits per heavy atom. The van der Waals surface area contributed by atoms with Gasteiger partial charge in [-0.2, -0.15) is 4.98 Å². The van der Waals surface area contributed by atoms with Crippen molar-refractivity contribution in [2.24, 2.45) is 0 Å². The third-order valence-corrected chi connectivity index (χ3v) is 4.58. The van der Waals surface area contributed by atoms with Gasteiger partial charge in [0.2, 0.25) is 5.95 Å². The Kier molecular flexibility index (Phi) is 3.47. The van der Waals surface area contributed by atoms with E-state index in [1.54, 1.807) is 4.52 Å². The zero-order valence-corrected chi connectivity index (χ0v) is 12.8. The monoisotopic (exact) mass is 305 g/mol. The molecule has 1 N–H and O–H groups in total. The van der Waals surface area contributed by atoms with Gasteiger partial charge in [-0.25, -0.2) is 4.52 Å². The van der Waals surface area contributed by atoms with Crippen molar-refractivity contribution in [2.75, 3.05) is 18.0 Å². The fourth-order valence-electron chi connectivity index (χ4n) is 3.07. The molecular weight excluding hydrogens is 286 g/mol. The van der Waals surface area contributed by atoms with Gasteiger partial charge in [0.15, 0.2) is 5.65 Å². The number of hydrogen-bond acceptors (Lipinski definition) is 4. The van der Waals surface area contributed by atoms with Crippen LogP contribution in [0.15, 0.2) is 18.3 Å². The van der Waals surface area contributed by atoms with Gasteiger partial charge in [-0.05, 0) is 44.4 Å². The van der Waals surface area contributed by atoms with Gasteiger partial charge in [0.25, 0.3) is 0 Å². The number of nitrogens with zero attached hydrogens (tertiary/aromatic N) is 4. The van der Waals surface area contributed by atoms with E-state index < -0.39 is 0 Å². The molecule has 2 aromatic heterocycles. The SMILES string of the molecule is Clc1ccc2nc(N(CC3CCCCN3)C3CC3)nn2c1. The van der Waals surface area contributed by atoms with Gasteiger partial charge in [-0.3, -0.25) is 0 Å². The molecule has 3 heterocycles. The molecule has 1 saturated heterocycles. The minimum absolute atomic E-state index is 0.564. The number of fused-ring (bicyclic) bond motifs is 1. The van der Waals surface area contributed by atoms with Crippen LogP contribution in [0, 0.1) is 0 Å². The lowest BCUT2D eigenvalue weighted by Gasteiger charge is -2.30. The third-order valence-electron chi connectivity index (χ3n) is 4.36. The van der Waals surface area contributed by atoms with Crippen LogP contribution in [0.25, 0.3) is 5.65 Å². The van der Waals surface area contributed by atoms with Crippen LogP contribution in [0.4, 0.5) is 5.95 Å². The molecule has 1 aliphatic carbocycles. The number of rotatable bonds is 4. The molecule has 4 rings (SSSR count). The summed E-state index contributed by atoms with van der Waals surface area (Å²) in [6.45, 7) is 2.15. The molecule has 2 aliphatic rings. The summed E-state index contributed by atoms with van der Waals surface area (Å²) in [5, 5.41) is 8.93. The van der Waals surface area contributed by atoms with Crippen LogP contribution < -0.4 is 10.2 Å². The Bertz CT molecular complexity index is 630. The van der Waals surface area contributed by atoms with E-state index in [1.807, 2.05) is 18.3 Å². The summed E-state index contributed by atoms with van der Waals surface area (Å²) in [4.78, 5) is 7.05. The largest absolute Gasteiger partial charge is 0.335 e. The molecule has 1 atom stereocenters. The number of aromatic nitrogens is 3. The number of halogens is 1. The Morgan fingerprint density at radius 1 is 1.29 bits per heavy atom. The Labute approximate surface area is 129 Å². The molecule has 0 radical (unpaired) electrons. The summed E-state index contributed by atoms with van der Waals surface area (Å²) in [6.07, 6.45) is 8.20. The van der Waals surface area contributed by atoms with Crippen LogP contribution in [0.1, 0.15) is 32.1 Å². The van der Waals surface area contributed by atoms with Crippen molar-refractivity contribution in [3.63, 3.8) is 0 Å². The van der Waals surface area contributed by atoms with E-state index in [0.29, 0.717) is 17.1 Å². The molecule has 5 nitrogen and oxygen atoms in total. The standard InChI is InChI=1S/C15H20ClN5/c16-11-4-7-14-18-15(19-21(14)9-11)20(13-5-6-13)10-12-3-1-2-8-17-12/h4,7,9,12-13,17H,1-3,5-6,8,10H2. The first-order chi connectivity index (χ1) is 10.3. The van der Waals surface area contributed by atoms with Crippen molar-refractivity contribution in [2.45, 2.75) is 44.2 Å². The van der Waals surface area contributed by atoms with Crippen LogP contribution >= 0.6 is 11.6 Å². The highest BCUT2D eigenvalue weighted by molar-refractivity contribution is 6.30. The van der Waals surface area contributed by atoms with Crippen molar-refractivity contribution >= 4 is 23.2 Å². The topological polar surface area (TPSA) is 45.5 Å². The van der Waals surface area contributed by atoms with E-state index in [2.05, 4.69) is 20.3 Å². The highest BCUT2D eigenvalue weighted by Gasteiger charge is 2.33. The van der Waals surface area contributed by atoms with Gasteiger partial charge in [0, 0.05) is 24.8 Å². The van der Waals surface area contributed by atoms with Gasteiger partial charge in [-0.15, -0.1) is 5.10 Å². The molecule has 112 valence electrons.